The quantitative estimate of drug-likeness (QED) is 0.164. The highest BCUT2D eigenvalue weighted by molar-refractivity contribution is 6.25. The van der Waals surface area contributed by atoms with Crippen LogP contribution in [-0.4, -0.2) is 0 Å². The molecule has 2 heterocycles. The number of hydrogen-bond donors (Lipinski definition) is 0. The average Bonchev–Trinajstić information content (AvgIpc) is 3.85. The molecule has 2 aromatic heterocycles. The molecule has 3 heteroatoms. The highest BCUT2D eigenvalue weighted by atomic mass is 16.3. The van der Waals surface area contributed by atoms with Crippen LogP contribution < -0.4 is 4.90 Å². The minimum Gasteiger partial charge on any atom is -0.456 e. The number of benzene rings is 9. The van der Waals surface area contributed by atoms with Gasteiger partial charge in [-0.2, -0.15) is 0 Å². The largest absolute Gasteiger partial charge is 0.456 e. The number of fused-ring (bicyclic) bond motifs is 6. The maximum Gasteiger partial charge on any atom is 0.144 e. The van der Waals surface area contributed by atoms with Gasteiger partial charge in [0.2, 0.25) is 0 Å². The van der Waals surface area contributed by atoms with Crippen LogP contribution in [0.1, 0.15) is 0 Å². The number of anilines is 3. The molecular formula is C54H35NO2. The second-order valence-electron chi connectivity index (χ2n) is 14.4. The van der Waals surface area contributed by atoms with Crippen LogP contribution in [0.3, 0.4) is 0 Å². The fourth-order valence-corrected chi connectivity index (χ4v) is 8.47. The molecule has 11 aromatic rings. The molecule has 3 nitrogen and oxygen atoms in total. The van der Waals surface area contributed by atoms with Crippen molar-refractivity contribution in [2.75, 3.05) is 4.90 Å². The van der Waals surface area contributed by atoms with Crippen LogP contribution in [0.5, 0.6) is 0 Å². The van der Waals surface area contributed by atoms with Gasteiger partial charge in [-0.25, -0.2) is 0 Å². The van der Waals surface area contributed by atoms with Crippen LogP contribution in [0.15, 0.2) is 221 Å². The first-order chi connectivity index (χ1) is 28.3. The van der Waals surface area contributed by atoms with Crippen molar-refractivity contribution in [3.8, 4) is 44.5 Å². The van der Waals surface area contributed by atoms with E-state index in [0.717, 1.165) is 88.8 Å². The molecule has 0 fully saturated rings. The molecular weight excluding hydrogens is 695 g/mol. The zero-order chi connectivity index (χ0) is 37.7. The lowest BCUT2D eigenvalue weighted by molar-refractivity contribution is 0.664. The Kier molecular flexibility index (Phi) is 7.82. The topological polar surface area (TPSA) is 29.5 Å². The summed E-state index contributed by atoms with van der Waals surface area (Å²) in [7, 11) is 0. The summed E-state index contributed by atoms with van der Waals surface area (Å²) in [6.07, 6.45) is 0. The van der Waals surface area contributed by atoms with Crippen molar-refractivity contribution in [3.63, 3.8) is 0 Å². The Morgan fingerprint density at radius 3 is 1.56 bits per heavy atom. The molecule has 9 aromatic carbocycles. The fourth-order valence-electron chi connectivity index (χ4n) is 8.47. The van der Waals surface area contributed by atoms with E-state index in [-0.39, 0.29) is 0 Å². The molecule has 0 N–H and O–H groups in total. The lowest BCUT2D eigenvalue weighted by Crippen LogP contribution is -2.11. The molecule has 11 rings (SSSR count). The summed E-state index contributed by atoms with van der Waals surface area (Å²) in [5.74, 6) is 0. The summed E-state index contributed by atoms with van der Waals surface area (Å²) in [6, 6.07) is 74.9. The van der Waals surface area contributed by atoms with E-state index in [0.29, 0.717) is 0 Å². The molecule has 0 radical (unpaired) electrons. The third-order valence-electron chi connectivity index (χ3n) is 11.1. The molecule has 0 aliphatic heterocycles. The number of furan rings is 2. The van der Waals surface area contributed by atoms with Crippen LogP contribution in [0, 0.1) is 0 Å². The van der Waals surface area contributed by atoms with Gasteiger partial charge in [-0.1, -0.05) is 164 Å². The van der Waals surface area contributed by atoms with Crippen LogP contribution in [0.2, 0.25) is 0 Å². The Morgan fingerprint density at radius 1 is 0.316 bits per heavy atom. The van der Waals surface area contributed by atoms with E-state index in [1.165, 1.54) is 16.7 Å². The average molecular weight is 730 g/mol. The third-order valence-corrected chi connectivity index (χ3v) is 11.1. The van der Waals surface area contributed by atoms with E-state index in [1.807, 2.05) is 12.1 Å². The second-order valence-corrected chi connectivity index (χ2v) is 14.4. The van der Waals surface area contributed by atoms with Gasteiger partial charge in [0.05, 0.1) is 5.69 Å². The molecule has 0 atom stereocenters. The Balaban J connectivity index is 1.08. The van der Waals surface area contributed by atoms with Crippen LogP contribution in [-0.2, 0) is 0 Å². The van der Waals surface area contributed by atoms with Crippen molar-refractivity contribution < 1.29 is 8.83 Å². The van der Waals surface area contributed by atoms with Crippen LogP contribution >= 0.6 is 0 Å². The first kappa shape index (κ1) is 32.8. The van der Waals surface area contributed by atoms with E-state index in [1.54, 1.807) is 0 Å². The van der Waals surface area contributed by atoms with E-state index >= 15 is 0 Å². The zero-order valence-corrected chi connectivity index (χ0v) is 31.0. The van der Waals surface area contributed by atoms with Gasteiger partial charge < -0.3 is 13.7 Å². The Labute approximate surface area is 330 Å². The summed E-state index contributed by atoms with van der Waals surface area (Å²) >= 11 is 0. The smallest absolute Gasteiger partial charge is 0.144 e. The predicted molar refractivity (Wildman–Crippen MR) is 237 cm³/mol. The summed E-state index contributed by atoms with van der Waals surface area (Å²) in [5, 5.41) is 4.26. The lowest BCUT2D eigenvalue weighted by atomic mass is 9.94. The Morgan fingerprint density at radius 2 is 0.842 bits per heavy atom. The normalized spacial score (nSPS) is 11.5. The Hall–Kier alpha value is -7.62. The SMILES string of the molecule is c1ccc(-c2ccc(N(c3ccc(-c4cccc5oc6c(-c7ccccc7)c7c(cc6c45)oc4ccccc47)cc3)c3ccccc3-c3ccccc3)cc2)cc1. The standard InChI is InChI=1S/C54H35NO2/c1-4-15-36(16-5-1)37-27-31-41(32-28-37)55(47-24-12-10-21-43(47)38-17-6-2-7-18-38)42-33-29-39(30-34-42)44-23-14-26-49-52(44)46-35-50-53(45-22-11-13-25-48(45)56-50)51(54(46)57-49)40-19-8-3-9-20-40/h1-35H. The van der Waals surface area contributed by atoms with E-state index < -0.39 is 0 Å². The summed E-state index contributed by atoms with van der Waals surface area (Å²) in [6.45, 7) is 0. The van der Waals surface area contributed by atoms with Gasteiger partial charge in [0.15, 0.2) is 0 Å². The molecule has 0 aliphatic carbocycles. The minimum absolute atomic E-state index is 0.845. The molecule has 0 spiro atoms. The van der Waals surface area contributed by atoms with Gasteiger partial charge in [0, 0.05) is 44.0 Å². The van der Waals surface area contributed by atoms with Crippen molar-refractivity contribution in [2.24, 2.45) is 0 Å². The second kappa shape index (κ2) is 13.6. The summed E-state index contributed by atoms with van der Waals surface area (Å²) < 4.78 is 13.4. The predicted octanol–water partition coefficient (Wildman–Crippen LogP) is 15.6. The number of para-hydroxylation sites is 2. The molecule has 0 amide bonds. The highest BCUT2D eigenvalue weighted by Gasteiger charge is 2.23. The highest BCUT2D eigenvalue weighted by Crippen LogP contribution is 2.47. The lowest BCUT2D eigenvalue weighted by Gasteiger charge is -2.28. The zero-order valence-electron chi connectivity index (χ0n) is 31.0. The summed E-state index contributed by atoms with van der Waals surface area (Å²) in [4.78, 5) is 2.36. The van der Waals surface area contributed by atoms with E-state index in [9.17, 15) is 0 Å². The van der Waals surface area contributed by atoms with Crippen molar-refractivity contribution in [3.05, 3.63) is 212 Å². The van der Waals surface area contributed by atoms with Crippen molar-refractivity contribution in [1.82, 2.24) is 0 Å². The molecule has 0 unspecified atom stereocenters. The molecule has 0 aliphatic rings. The molecule has 0 saturated carbocycles. The maximum atomic E-state index is 6.85. The number of nitrogens with zero attached hydrogens (tertiary/aromatic N) is 1. The number of hydrogen-bond acceptors (Lipinski definition) is 3. The number of rotatable bonds is 7. The van der Waals surface area contributed by atoms with Gasteiger partial charge >= 0.3 is 0 Å². The van der Waals surface area contributed by atoms with Gasteiger partial charge in [0.1, 0.15) is 22.3 Å². The summed E-state index contributed by atoms with van der Waals surface area (Å²) in [5.41, 5.74) is 15.7. The fraction of sp³-hybridized carbons (Fsp3) is 0. The van der Waals surface area contributed by atoms with Crippen molar-refractivity contribution >= 4 is 60.9 Å². The third kappa shape index (κ3) is 5.60. The molecule has 0 bridgehead atoms. The van der Waals surface area contributed by atoms with Crippen molar-refractivity contribution in [2.45, 2.75) is 0 Å². The van der Waals surface area contributed by atoms with Crippen molar-refractivity contribution in [1.29, 1.82) is 0 Å². The van der Waals surface area contributed by atoms with E-state index in [4.69, 9.17) is 8.83 Å². The van der Waals surface area contributed by atoms with Gasteiger partial charge in [-0.15, -0.1) is 0 Å². The van der Waals surface area contributed by atoms with E-state index in [2.05, 4.69) is 205 Å². The monoisotopic (exact) mass is 729 g/mol. The Bertz CT molecular complexity index is 3200. The molecule has 268 valence electrons. The van der Waals surface area contributed by atoms with Gasteiger partial charge in [0.25, 0.3) is 0 Å². The maximum absolute atomic E-state index is 6.85. The van der Waals surface area contributed by atoms with Crippen LogP contribution in [0.25, 0.3) is 88.4 Å². The van der Waals surface area contributed by atoms with Gasteiger partial charge in [-0.05, 0) is 81.9 Å². The van der Waals surface area contributed by atoms with Crippen LogP contribution in [0.4, 0.5) is 17.1 Å². The minimum atomic E-state index is 0.845. The molecule has 0 saturated heterocycles. The first-order valence-corrected chi connectivity index (χ1v) is 19.3. The van der Waals surface area contributed by atoms with Gasteiger partial charge in [-0.3, -0.25) is 0 Å². The first-order valence-electron chi connectivity index (χ1n) is 19.3. The molecule has 57 heavy (non-hydrogen) atoms.